The minimum atomic E-state index is -5.95. The number of alkyl halides is 6. The molecule has 1 aromatic carbocycles. The van der Waals surface area contributed by atoms with Crippen molar-refractivity contribution in [1.29, 1.82) is 0 Å². The quantitative estimate of drug-likeness (QED) is 0.235. The summed E-state index contributed by atoms with van der Waals surface area (Å²) in [5.41, 5.74) is 0.802. The van der Waals surface area contributed by atoms with Crippen LogP contribution in [0.5, 0.6) is 0 Å². The monoisotopic (exact) mass is 558 g/mol. The van der Waals surface area contributed by atoms with Crippen molar-refractivity contribution in [3.63, 3.8) is 0 Å². The van der Waals surface area contributed by atoms with Gasteiger partial charge in [0.25, 0.3) is 0 Å². The maximum absolute atomic E-state index is 14.3. The van der Waals surface area contributed by atoms with Crippen molar-refractivity contribution >= 4 is 5.97 Å². The van der Waals surface area contributed by atoms with Crippen LogP contribution in [0.2, 0.25) is 0 Å². The first kappa shape index (κ1) is 32.3. The van der Waals surface area contributed by atoms with E-state index in [1.165, 1.54) is 19.1 Å². The molecule has 0 bridgehead atoms. The second-order valence-electron chi connectivity index (χ2n) is 10.6. The Bertz CT molecular complexity index is 847. The molecule has 2 aliphatic carbocycles. The van der Waals surface area contributed by atoms with Crippen LogP contribution in [0.3, 0.4) is 0 Å². The van der Waals surface area contributed by atoms with Crippen molar-refractivity contribution in [2.45, 2.75) is 102 Å². The lowest BCUT2D eigenvalue weighted by molar-refractivity contribution is -0.280. The van der Waals surface area contributed by atoms with Gasteiger partial charge >= 0.3 is 18.1 Å². The molecule has 3 rings (SSSR count). The summed E-state index contributed by atoms with van der Waals surface area (Å²) in [7, 11) is 0. The van der Waals surface area contributed by atoms with Crippen molar-refractivity contribution in [3.8, 4) is 0 Å². The van der Waals surface area contributed by atoms with Gasteiger partial charge in [0, 0.05) is 5.56 Å². The second kappa shape index (κ2) is 14.5. The van der Waals surface area contributed by atoms with Crippen LogP contribution in [-0.2, 0) is 9.53 Å². The third-order valence-electron chi connectivity index (χ3n) is 7.80. The normalized spacial score (nSPS) is 24.4. The van der Waals surface area contributed by atoms with Gasteiger partial charge < -0.3 is 4.74 Å². The van der Waals surface area contributed by atoms with Crippen molar-refractivity contribution in [1.82, 2.24) is 0 Å². The molecule has 1 aromatic rings. The van der Waals surface area contributed by atoms with Gasteiger partial charge in [-0.25, -0.2) is 13.6 Å². The molecule has 0 radical (unpaired) electrons. The second-order valence-corrected chi connectivity index (χ2v) is 10.6. The number of hydrogen-bond donors (Lipinski definition) is 0. The Morgan fingerprint density at radius 3 is 1.63 bits per heavy atom. The molecule has 0 aromatic heterocycles. The van der Waals surface area contributed by atoms with Crippen LogP contribution >= 0.6 is 0 Å². The standard InChI is InChI=1S/C26H33F7O2.C2H5F/c1-16-14-21(27)23(22(28)15-16)20-10-8-18(9-11-20)3-2-17-4-6-19(7-5-17)12-13-35-24(34)25(29,30)26(31,32)33;1-2-3/h14-15,17-20H,2-13H2,1H3;2H2,1H3. The fraction of sp³-hybridized carbons (Fsp3) is 0.750. The molecule has 0 unspecified atom stereocenters. The summed E-state index contributed by atoms with van der Waals surface area (Å²) in [6.45, 7) is 2.44. The summed E-state index contributed by atoms with van der Waals surface area (Å²) < 4.78 is 105. The van der Waals surface area contributed by atoms with Crippen LogP contribution in [0, 0.1) is 36.3 Å². The number of halogens is 8. The van der Waals surface area contributed by atoms with E-state index in [9.17, 15) is 39.9 Å². The summed E-state index contributed by atoms with van der Waals surface area (Å²) in [6, 6.07) is 2.78. The minimum Gasteiger partial charge on any atom is -0.461 e. The van der Waals surface area contributed by atoms with Crippen LogP contribution in [0.15, 0.2) is 12.1 Å². The van der Waals surface area contributed by atoms with Gasteiger partial charge in [0.05, 0.1) is 13.3 Å². The molecule has 218 valence electrons. The lowest BCUT2D eigenvalue weighted by atomic mass is 9.74. The van der Waals surface area contributed by atoms with Crippen molar-refractivity contribution in [2.75, 3.05) is 13.3 Å². The first-order valence-corrected chi connectivity index (χ1v) is 13.4. The van der Waals surface area contributed by atoms with E-state index in [4.69, 9.17) is 0 Å². The summed E-state index contributed by atoms with van der Waals surface area (Å²) in [6.07, 6.45) is 3.46. The molecule has 0 atom stereocenters. The molecule has 2 fully saturated rings. The lowest BCUT2D eigenvalue weighted by Gasteiger charge is -2.32. The molecular formula is C28H38F8O2. The summed E-state index contributed by atoms with van der Waals surface area (Å²) in [5, 5.41) is 0. The highest BCUT2D eigenvalue weighted by molar-refractivity contribution is 5.78. The van der Waals surface area contributed by atoms with Gasteiger partial charge in [0.15, 0.2) is 0 Å². The Kier molecular flexibility index (Phi) is 12.3. The zero-order valence-corrected chi connectivity index (χ0v) is 22.0. The Hall–Kier alpha value is -1.87. The largest absolute Gasteiger partial charge is 0.465 e. The maximum atomic E-state index is 14.3. The van der Waals surface area contributed by atoms with E-state index in [1.807, 2.05) is 0 Å². The third kappa shape index (κ3) is 9.11. The first-order chi connectivity index (χ1) is 17.8. The van der Waals surface area contributed by atoms with E-state index in [0.29, 0.717) is 17.4 Å². The molecule has 0 spiro atoms. The molecular weight excluding hydrogens is 520 g/mol. The lowest BCUT2D eigenvalue weighted by Crippen LogP contribution is -2.45. The van der Waals surface area contributed by atoms with E-state index in [0.717, 1.165) is 64.2 Å². The number of ether oxygens (including phenoxy) is 1. The van der Waals surface area contributed by atoms with Crippen molar-refractivity contribution < 1.29 is 44.7 Å². The topological polar surface area (TPSA) is 26.3 Å². The SMILES string of the molecule is CCF.Cc1cc(F)c(C2CCC(CCC3CCC(CCOC(=O)C(F)(F)C(F)(F)F)CC3)CC2)c(F)c1. The zero-order valence-electron chi connectivity index (χ0n) is 22.0. The van der Waals surface area contributed by atoms with Gasteiger partial charge in [0.1, 0.15) is 11.6 Å². The van der Waals surface area contributed by atoms with Crippen LogP contribution in [-0.4, -0.2) is 31.3 Å². The van der Waals surface area contributed by atoms with E-state index in [-0.39, 0.29) is 30.5 Å². The number of aryl methyl sites for hydroxylation is 1. The van der Waals surface area contributed by atoms with Crippen LogP contribution in [0.4, 0.5) is 35.1 Å². The maximum Gasteiger partial charge on any atom is 0.465 e. The fourth-order valence-corrected chi connectivity index (χ4v) is 5.65. The van der Waals surface area contributed by atoms with Gasteiger partial charge in [-0.3, -0.25) is 4.39 Å². The van der Waals surface area contributed by atoms with Crippen molar-refractivity contribution in [3.05, 3.63) is 34.9 Å². The zero-order chi connectivity index (χ0) is 28.5. The number of benzene rings is 1. The smallest absolute Gasteiger partial charge is 0.461 e. The molecule has 0 N–H and O–H groups in total. The van der Waals surface area contributed by atoms with E-state index < -0.39 is 36.3 Å². The van der Waals surface area contributed by atoms with Crippen LogP contribution in [0.25, 0.3) is 0 Å². The molecule has 0 amide bonds. The highest BCUT2D eigenvalue weighted by Gasteiger charge is 2.64. The highest BCUT2D eigenvalue weighted by atomic mass is 19.4. The fourth-order valence-electron chi connectivity index (χ4n) is 5.65. The van der Waals surface area contributed by atoms with Gasteiger partial charge in [-0.05, 0) is 87.3 Å². The number of carbonyl (C=O) groups excluding carboxylic acids is 1. The van der Waals surface area contributed by atoms with Gasteiger partial charge in [0.2, 0.25) is 0 Å². The molecule has 38 heavy (non-hydrogen) atoms. The summed E-state index contributed by atoms with van der Waals surface area (Å²) in [5.74, 6) is -7.78. The van der Waals surface area contributed by atoms with Crippen LogP contribution in [0.1, 0.15) is 94.6 Å². The van der Waals surface area contributed by atoms with E-state index >= 15 is 0 Å². The van der Waals surface area contributed by atoms with Crippen molar-refractivity contribution in [2.24, 2.45) is 17.8 Å². The molecule has 10 heteroatoms. The van der Waals surface area contributed by atoms with Gasteiger partial charge in [-0.2, -0.15) is 22.0 Å². The Morgan fingerprint density at radius 1 is 0.816 bits per heavy atom. The average molecular weight is 559 g/mol. The molecule has 2 aliphatic rings. The Balaban J connectivity index is 0.00000161. The third-order valence-corrected chi connectivity index (χ3v) is 7.80. The van der Waals surface area contributed by atoms with E-state index in [2.05, 4.69) is 4.74 Å². The van der Waals surface area contributed by atoms with Crippen LogP contribution < -0.4 is 0 Å². The van der Waals surface area contributed by atoms with Gasteiger partial charge in [-0.15, -0.1) is 0 Å². The first-order valence-electron chi connectivity index (χ1n) is 13.4. The molecule has 2 saturated carbocycles. The number of hydrogen-bond acceptors (Lipinski definition) is 2. The molecule has 0 aliphatic heterocycles. The number of rotatable bonds is 8. The summed E-state index contributed by atoms with van der Waals surface area (Å²) >= 11 is 0. The molecule has 0 heterocycles. The predicted molar refractivity (Wildman–Crippen MR) is 129 cm³/mol. The Morgan fingerprint density at radius 2 is 1.21 bits per heavy atom. The Labute approximate surface area is 219 Å². The predicted octanol–water partition coefficient (Wildman–Crippen LogP) is 9.24. The minimum absolute atomic E-state index is 0.0764. The van der Waals surface area contributed by atoms with Gasteiger partial charge in [-0.1, -0.05) is 38.5 Å². The number of carbonyl (C=O) groups is 1. The highest BCUT2D eigenvalue weighted by Crippen LogP contribution is 2.42. The molecule has 0 saturated heterocycles. The summed E-state index contributed by atoms with van der Waals surface area (Å²) in [4.78, 5) is 11.1. The average Bonchev–Trinajstić information content (AvgIpc) is 2.83. The number of esters is 1. The molecule has 2 nitrogen and oxygen atoms in total. The van der Waals surface area contributed by atoms with E-state index in [1.54, 1.807) is 6.92 Å².